The summed E-state index contributed by atoms with van der Waals surface area (Å²) < 4.78 is 0. The molecule has 2 aromatic rings. The highest BCUT2D eigenvalue weighted by Gasteiger charge is 2.43. The molecule has 32 heavy (non-hydrogen) atoms. The van der Waals surface area contributed by atoms with Gasteiger partial charge in [0.1, 0.15) is 11.3 Å². The molecule has 7 rings (SSSR count). The predicted octanol–water partition coefficient (Wildman–Crippen LogP) is 3.75. The zero-order valence-corrected chi connectivity index (χ0v) is 18.2. The number of amides is 1. The molecule has 0 saturated carbocycles. The number of nitrogens with zero attached hydrogens (tertiary/aromatic N) is 2. The van der Waals surface area contributed by atoms with Crippen molar-refractivity contribution in [3.8, 4) is 5.75 Å². The first-order valence-corrected chi connectivity index (χ1v) is 11.7. The highest BCUT2D eigenvalue weighted by atomic mass is 16.4. The Hall–Kier alpha value is -2.86. The second-order valence-corrected chi connectivity index (χ2v) is 9.45. The van der Waals surface area contributed by atoms with E-state index in [0.29, 0.717) is 17.9 Å². The third-order valence-corrected chi connectivity index (χ3v) is 7.67. The maximum Gasteiger partial charge on any atom is 0.339 e. The summed E-state index contributed by atoms with van der Waals surface area (Å²) in [6.07, 6.45) is 6.27. The number of hydrogen-bond acceptors (Lipinski definition) is 4. The molecule has 6 nitrogen and oxygen atoms in total. The van der Waals surface area contributed by atoms with E-state index >= 15 is 0 Å². The van der Waals surface area contributed by atoms with Gasteiger partial charge in [-0.1, -0.05) is 24.3 Å². The van der Waals surface area contributed by atoms with Gasteiger partial charge in [0.15, 0.2) is 0 Å². The number of carbonyl (C=O) groups is 2. The number of para-hydroxylation sites is 1. The maximum atomic E-state index is 13.1. The van der Waals surface area contributed by atoms with Crippen molar-refractivity contribution in [1.29, 1.82) is 0 Å². The molecule has 0 radical (unpaired) electrons. The van der Waals surface area contributed by atoms with Crippen molar-refractivity contribution in [3.63, 3.8) is 0 Å². The lowest BCUT2D eigenvalue weighted by Crippen LogP contribution is -2.60. The number of hydrogen-bond donors (Lipinski definition) is 2. The van der Waals surface area contributed by atoms with Crippen molar-refractivity contribution in [2.45, 2.75) is 44.1 Å². The van der Waals surface area contributed by atoms with Crippen LogP contribution in [0.5, 0.6) is 5.75 Å². The third-order valence-electron chi connectivity index (χ3n) is 7.67. The molecule has 3 fully saturated rings. The van der Waals surface area contributed by atoms with E-state index in [1.165, 1.54) is 62.0 Å². The second kappa shape index (κ2) is 8.58. The lowest BCUT2D eigenvalue weighted by Gasteiger charge is -2.51. The van der Waals surface area contributed by atoms with Crippen molar-refractivity contribution in [1.82, 2.24) is 9.80 Å². The van der Waals surface area contributed by atoms with Gasteiger partial charge >= 0.3 is 5.97 Å². The Balaban J connectivity index is 0.000000183. The SMILES string of the molecule is O=C(O)c1ccccc1O.O=C1c2cccc3c2[C@H](CCC3)CN1[C@@H]1CN2CCC1CC2. The number of phenols is 1. The Morgan fingerprint density at radius 1 is 0.969 bits per heavy atom. The van der Waals surface area contributed by atoms with Crippen LogP contribution in [0.25, 0.3) is 0 Å². The lowest BCUT2D eigenvalue weighted by molar-refractivity contribution is 0.00258. The Kier molecular flexibility index (Phi) is 5.64. The zero-order chi connectivity index (χ0) is 22.2. The van der Waals surface area contributed by atoms with Crippen LogP contribution >= 0.6 is 0 Å². The molecule has 168 valence electrons. The van der Waals surface area contributed by atoms with Gasteiger partial charge < -0.3 is 20.0 Å². The van der Waals surface area contributed by atoms with Crippen molar-refractivity contribution in [2.75, 3.05) is 26.2 Å². The smallest absolute Gasteiger partial charge is 0.339 e. The molecule has 2 aromatic carbocycles. The molecule has 1 aliphatic carbocycles. The molecule has 2 atom stereocenters. The summed E-state index contributed by atoms with van der Waals surface area (Å²) in [5.74, 6) is 0.331. The first kappa shape index (κ1) is 21.0. The molecule has 4 heterocycles. The van der Waals surface area contributed by atoms with Crippen LogP contribution in [-0.4, -0.2) is 64.1 Å². The molecular weight excluding hydrogens is 404 g/mol. The number of rotatable bonds is 2. The number of carboxylic acids is 1. The minimum absolute atomic E-state index is 0.0671. The minimum atomic E-state index is -1.11. The highest BCUT2D eigenvalue weighted by Crippen LogP contribution is 2.41. The summed E-state index contributed by atoms with van der Waals surface area (Å²) in [4.78, 5) is 28.2. The Bertz CT molecular complexity index is 1030. The van der Waals surface area contributed by atoms with E-state index in [9.17, 15) is 9.59 Å². The highest BCUT2D eigenvalue weighted by molar-refractivity contribution is 5.98. The van der Waals surface area contributed by atoms with Gasteiger partial charge in [-0.15, -0.1) is 0 Å². The summed E-state index contributed by atoms with van der Waals surface area (Å²) in [6, 6.07) is 12.7. The van der Waals surface area contributed by atoms with Crippen LogP contribution in [0, 0.1) is 5.92 Å². The van der Waals surface area contributed by atoms with E-state index in [4.69, 9.17) is 10.2 Å². The van der Waals surface area contributed by atoms with E-state index in [-0.39, 0.29) is 11.3 Å². The van der Waals surface area contributed by atoms with E-state index in [1.807, 2.05) is 0 Å². The molecule has 6 heteroatoms. The largest absolute Gasteiger partial charge is 0.507 e. The molecule has 3 saturated heterocycles. The lowest BCUT2D eigenvalue weighted by atomic mass is 9.75. The van der Waals surface area contributed by atoms with Crippen LogP contribution in [0.15, 0.2) is 42.5 Å². The predicted molar refractivity (Wildman–Crippen MR) is 121 cm³/mol. The van der Waals surface area contributed by atoms with Crippen molar-refractivity contribution in [2.24, 2.45) is 5.92 Å². The number of carboxylic acid groups (broad SMARTS) is 1. The molecular formula is C26H30N2O4. The number of aryl methyl sites for hydroxylation is 1. The third kappa shape index (κ3) is 3.77. The van der Waals surface area contributed by atoms with Crippen molar-refractivity contribution >= 4 is 11.9 Å². The fraction of sp³-hybridized carbons (Fsp3) is 0.462. The van der Waals surface area contributed by atoms with Gasteiger partial charge in [0.25, 0.3) is 5.91 Å². The van der Waals surface area contributed by atoms with Crippen molar-refractivity contribution in [3.05, 3.63) is 64.7 Å². The quantitative estimate of drug-likeness (QED) is 0.753. The van der Waals surface area contributed by atoms with Crippen LogP contribution in [0.4, 0.5) is 0 Å². The van der Waals surface area contributed by atoms with Gasteiger partial charge in [0.05, 0.1) is 0 Å². The van der Waals surface area contributed by atoms with Gasteiger partial charge in [-0.05, 0) is 80.4 Å². The summed E-state index contributed by atoms with van der Waals surface area (Å²) in [5.41, 5.74) is 3.79. The summed E-state index contributed by atoms with van der Waals surface area (Å²) in [7, 11) is 0. The van der Waals surface area contributed by atoms with Crippen LogP contribution in [-0.2, 0) is 6.42 Å². The molecule has 4 aliphatic heterocycles. The summed E-state index contributed by atoms with van der Waals surface area (Å²) >= 11 is 0. The van der Waals surface area contributed by atoms with Gasteiger partial charge in [-0.25, -0.2) is 4.79 Å². The number of aromatic carboxylic acids is 1. The molecule has 0 spiro atoms. The fourth-order valence-electron chi connectivity index (χ4n) is 6.07. The monoisotopic (exact) mass is 434 g/mol. The number of aromatic hydroxyl groups is 1. The second-order valence-electron chi connectivity index (χ2n) is 9.45. The van der Waals surface area contributed by atoms with Crippen LogP contribution in [0.1, 0.15) is 63.4 Å². The summed E-state index contributed by atoms with van der Waals surface area (Å²) in [6.45, 7) is 4.57. The molecule has 0 aromatic heterocycles. The maximum absolute atomic E-state index is 13.1. The fourth-order valence-corrected chi connectivity index (χ4v) is 6.07. The number of fused-ring (bicyclic) bond motifs is 3. The molecule has 0 unspecified atom stereocenters. The summed E-state index contributed by atoms with van der Waals surface area (Å²) in [5, 5.41) is 17.3. The Morgan fingerprint density at radius 3 is 2.41 bits per heavy atom. The Morgan fingerprint density at radius 2 is 1.75 bits per heavy atom. The first-order chi connectivity index (χ1) is 15.5. The normalized spacial score (nSPS) is 27.9. The Labute approximate surface area is 188 Å². The molecule has 1 amide bonds. The van der Waals surface area contributed by atoms with E-state index < -0.39 is 5.97 Å². The van der Waals surface area contributed by atoms with Gasteiger partial charge in [0, 0.05) is 30.6 Å². The van der Waals surface area contributed by atoms with Gasteiger partial charge in [-0.3, -0.25) is 4.79 Å². The number of benzene rings is 2. The molecule has 2 bridgehead atoms. The van der Waals surface area contributed by atoms with E-state index in [1.54, 1.807) is 12.1 Å². The van der Waals surface area contributed by atoms with Gasteiger partial charge in [0.2, 0.25) is 0 Å². The molecule has 2 N–H and O–H groups in total. The van der Waals surface area contributed by atoms with Crippen LogP contribution in [0.2, 0.25) is 0 Å². The van der Waals surface area contributed by atoms with Crippen LogP contribution < -0.4 is 0 Å². The standard InChI is InChI=1S/C19H24N2O.C7H6O3/c22-19-16-6-2-4-14-3-1-5-15(18(14)16)11-21(19)17-12-20-9-7-13(17)8-10-20;8-6-4-2-1-3-5(6)7(9)10/h2,4,6,13,15,17H,1,3,5,7-12H2;1-4,8H,(H,9,10)/t15-,17-;/m1./s1. The average molecular weight is 435 g/mol. The number of piperidine rings is 3. The number of carbonyl (C=O) groups excluding carboxylic acids is 1. The minimum Gasteiger partial charge on any atom is -0.507 e. The zero-order valence-electron chi connectivity index (χ0n) is 18.2. The molecule has 5 aliphatic rings. The van der Waals surface area contributed by atoms with Crippen molar-refractivity contribution < 1.29 is 19.8 Å². The first-order valence-electron chi connectivity index (χ1n) is 11.7. The van der Waals surface area contributed by atoms with E-state index in [0.717, 1.165) is 31.0 Å². The topological polar surface area (TPSA) is 81.1 Å². The van der Waals surface area contributed by atoms with E-state index in [2.05, 4.69) is 28.0 Å². The van der Waals surface area contributed by atoms with Crippen LogP contribution in [0.3, 0.4) is 0 Å². The van der Waals surface area contributed by atoms with Gasteiger partial charge in [-0.2, -0.15) is 0 Å². The average Bonchev–Trinajstić information content (AvgIpc) is 2.82.